The van der Waals surface area contributed by atoms with Crippen LogP contribution in [0.15, 0.2) is 36.5 Å². The van der Waals surface area contributed by atoms with E-state index >= 15 is 0 Å². The predicted molar refractivity (Wildman–Crippen MR) is 86.0 cm³/mol. The van der Waals surface area contributed by atoms with Crippen LogP contribution in [0, 0.1) is 0 Å². The van der Waals surface area contributed by atoms with E-state index < -0.39 is 17.9 Å². The number of ether oxygens (including phenoxy) is 1. The molecule has 1 amide bonds. The Hall–Kier alpha value is -2.83. The number of rotatable bonds is 3. The van der Waals surface area contributed by atoms with Crippen LogP contribution in [0.2, 0.25) is 0 Å². The molecule has 2 heterocycles. The minimum atomic E-state index is -1.10. The summed E-state index contributed by atoms with van der Waals surface area (Å²) in [6, 6.07) is 7.53. The molecule has 1 unspecified atom stereocenters. The minimum Gasteiger partial charge on any atom is -0.491 e. The van der Waals surface area contributed by atoms with E-state index in [1.165, 1.54) is 4.90 Å². The van der Waals surface area contributed by atoms with Crippen molar-refractivity contribution < 1.29 is 19.4 Å². The SMILES string of the molecule is CC(C)n1ccc(C(=O)N2CCOc3ccccc3C2C(=O)O)n1. The number of carbonyl (C=O) groups is 2. The molecule has 0 saturated heterocycles. The van der Waals surface area contributed by atoms with Gasteiger partial charge in [-0.2, -0.15) is 5.10 Å². The number of carboxylic acids is 1. The standard InChI is InChI=1S/C17H19N3O4/c1-11(2)20-8-7-13(18-20)16(21)19-9-10-24-14-6-4-3-5-12(14)15(19)17(22)23/h3-8,11,15H,9-10H2,1-2H3,(H,22,23). The lowest BCUT2D eigenvalue weighted by molar-refractivity contribution is -0.142. The van der Waals surface area contributed by atoms with Crippen molar-refractivity contribution in [3.8, 4) is 5.75 Å². The predicted octanol–water partition coefficient (Wildman–Crippen LogP) is 2.12. The van der Waals surface area contributed by atoms with Crippen molar-refractivity contribution in [2.24, 2.45) is 0 Å². The van der Waals surface area contributed by atoms with Gasteiger partial charge in [-0.3, -0.25) is 9.48 Å². The van der Waals surface area contributed by atoms with Crippen LogP contribution in [0.3, 0.4) is 0 Å². The molecule has 7 nitrogen and oxygen atoms in total. The second-order valence-corrected chi connectivity index (χ2v) is 5.90. The van der Waals surface area contributed by atoms with Crippen LogP contribution in [-0.4, -0.2) is 44.8 Å². The highest BCUT2D eigenvalue weighted by atomic mass is 16.5. The normalized spacial score (nSPS) is 17.1. The van der Waals surface area contributed by atoms with Gasteiger partial charge in [-0.15, -0.1) is 0 Å². The van der Waals surface area contributed by atoms with E-state index in [0.29, 0.717) is 11.3 Å². The average Bonchev–Trinajstić information content (AvgIpc) is 2.96. The maximum atomic E-state index is 12.8. The molecule has 7 heteroatoms. The van der Waals surface area contributed by atoms with Gasteiger partial charge in [0.1, 0.15) is 18.1 Å². The van der Waals surface area contributed by atoms with E-state index in [1.54, 1.807) is 41.2 Å². The number of amides is 1. The van der Waals surface area contributed by atoms with Crippen molar-refractivity contribution in [2.75, 3.05) is 13.2 Å². The van der Waals surface area contributed by atoms with Gasteiger partial charge in [-0.05, 0) is 26.0 Å². The molecular weight excluding hydrogens is 310 g/mol. The second kappa shape index (κ2) is 6.35. The summed E-state index contributed by atoms with van der Waals surface area (Å²) >= 11 is 0. The summed E-state index contributed by atoms with van der Waals surface area (Å²) in [5.74, 6) is -1.01. The number of hydrogen-bond donors (Lipinski definition) is 1. The summed E-state index contributed by atoms with van der Waals surface area (Å²) in [6.07, 6.45) is 1.72. The summed E-state index contributed by atoms with van der Waals surface area (Å²) in [5, 5.41) is 14.0. The highest BCUT2D eigenvalue weighted by Gasteiger charge is 2.36. The molecule has 0 bridgehead atoms. The third-order valence-electron chi connectivity index (χ3n) is 3.97. The lowest BCUT2D eigenvalue weighted by atomic mass is 10.0. The van der Waals surface area contributed by atoms with E-state index in [0.717, 1.165) is 0 Å². The van der Waals surface area contributed by atoms with Gasteiger partial charge in [0.2, 0.25) is 0 Å². The number of aromatic nitrogens is 2. The lowest BCUT2D eigenvalue weighted by Gasteiger charge is -2.26. The van der Waals surface area contributed by atoms with Gasteiger partial charge in [0.25, 0.3) is 5.91 Å². The van der Waals surface area contributed by atoms with E-state index in [4.69, 9.17) is 4.74 Å². The Morgan fingerprint density at radius 2 is 2.04 bits per heavy atom. The molecule has 0 saturated carbocycles. The Morgan fingerprint density at radius 1 is 1.29 bits per heavy atom. The van der Waals surface area contributed by atoms with Crippen LogP contribution in [-0.2, 0) is 4.79 Å². The number of hydrogen-bond acceptors (Lipinski definition) is 4. The van der Waals surface area contributed by atoms with Crippen LogP contribution in [0.4, 0.5) is 0 Å². The van der Waals surface area contributed by atoms with Crippen LogP contribution in [0.25, 0.3) is 0 Å². The van der Waals surface area contributed by atoms with Gasteiger partial charge in [0.05, 0.1) is 6.54 Å². The zero-order valence-corrected chi connectivity index (χ0v) is 13.5. The summed E-state index contributed by atoms with van der Waals surface area (Å²) in [4.78, 5) is 26.0. The lowest BCUT2D eigenvalue weighted by Crippen LogP contribution is -2.40. The Balaban J connectivity index is 1.98. The Morgan fingerprint density at radius 3 is 2.71 bits per heavy atom. The number of fused-ring (bicyclic) bond motifs is 1. The van der Waals surface area contributed by atoms with Gasteiger partial charge in [-0.1, -0.05) is 18.2 Å². The number of carboxylic acid groups (broad SMARTS) is 1. The van der Waals surface area contributed by atoms with Crippen LogP contribution in [0.5, 0.6) is 5.75 Å². The summed E-state index contributed by atoms with van der Waals surface area (Å²) in [6.45, 7) is 4.32. The van der Waals surface area contributed by atoms with Crippen LogP contribution in [0.1, 0.15) is 42.0 Å². The summed E-state index contributed by atoms with van der Waals surface area (Å²) in [7, 11) is 0. The Labute approximate surface area is 139 Å². The molecule has 0 radical (unpaired) electrons. The van der Waals surface area contributed by atoms with E-state index in [2.05, 4.69) is 5.10 Å². The summed E-state index contributed by atoms with van der Waals surface area (Å²) < 4.78 is 7.28. The van der Waals surface area contributed by atoms with Gasteiger partial charge in [0.15, 0.2) is 6.04 Å². The molecule has 1 aliphatic rings. The monoisotopic (exact) mass is 329 g/mol. The van der Waals surface area contributed by atoms with Crippen molar-refractivity contribution in [1.82, 2.24) is 14.7 Å². The molecule has 0 fully saturated rings. The van der Waals surface area contributed by atoms with Gasteiger partial charge in [0, 0.05) is 17.8 Å². The fourth-order valence-corrected chi connectivity index (χ4v) is 2.76. The molecule has 24 heavy (non-hydrogen) atoms. The first-order valence-electron chi connectivity index (χ1n) is 7.79. The number of benzene rings is 1. The molecule has 0 spiro atoms. The zero-order valence-electron chi connectivity index (χ0n) is 13.5. The molecule has 1 aromatic carbocycles. The largest absolute Gasteiger partial charge is 0.491 e. The number of nitrogens with zero attached hydrogens (tertiary/aromatic N) is 3. The van der Waals surface area contributed by atoms with E-state index in [-0.39, 0.29) is 24.9 Å². The molecule has 1 N–H and O–H groups in total. The Bertz CT molecular complexity index is 769. The molecule has 126 valence electrons. The smallest absolute Gasteiger partial charge is 0.331 e. The van der Waals surface area contributed by atoms with Gasteiger partial charge >= 0.3 is 5.97 Å². The maximum Gasteiger partial charge on any atom is 0.331 e. The zero-order chi connectivity index (χ0) is 17.3. The van der Waals surface area contributed by atoms with Gasteiger partial charge in [-0.25, -0.2) is 4.79 Å². The van der Waals surface area contributed by atoms with Crippen molar-refractivity contribution in [3.63, 3.8) is 0 Å². The fourth-order valence-electron chi connectivity index (χ4n) is 2.76. The molecule has 1 aliphatic heterocycles. The topological polar surface area (TPSA) is 84.7 Å². The average molecular weight is 329 g/mol. The first kappa shape index (κ1) is 16.0. The maximum absolute atomic E-state index is 12.8. The molecule has 2 aromatic rings. The third kappa shape index (κ3) is 2.84. The van der Waals surface area contributed by atoms with Crippen molar-refractivity contribution >= 4 is 11.9 Å². The first-order valence-corrected chi connectivity index (χ1v) is 7.79. The fraction of sp³-hybridized carbons (Fsp3) is 0.353. The van der Waals surface area contributed by atoms with E-state index in [1.807, 2.05) is 13.8 Å². The second-order valence-electron chi connectivity index (χ2n) is 5.90. The number of para-hydroxylation sites is 1. The van der Waals surface area contributed by atoms with E-state index in [9.17, 15) is 14.7 Å². The van der Waals surface area contributed by atoms with Crippen molar-refractivity contribution in [3.05, 3.63) is 47.8 Å². The summed E-state index contributed by atoms with van der Waals surface area (Å²) in [5.41, 5.74) is 0.702. The molecule has 1 atom stereocenters. The Kier molecular flexibility index (Phi) is 4.24. The molecular formula is C17H19N3O4. The number of aliphatic carboxylic acids is 1. The highest BCUT2D eigenvalue weighted by molar-refractivity contribution is 5.95. The third-order valence-corrected chi connectivity index (χ3v) is 3.97. The van der Waals surface area contributed by atoms with Crippen molar-refractivity contribution in [1.29, 1.82) is 0 Å². The molecule has 3 rings (SSSR count). The molecule has 1 aromatic heterocycles. The van der Waals surface area contributed by atoms with Crippen LogP contribution >= 0.6 is 0 Å². The van der Waals surface area contributed by atoms with Crippen LogP contribution < -0.4 is 4.74 Å². The minimum absolute atomic E-state index is 0.120. The quantitative estimate of drug-likeness (QED) is 0.932. The first-order chi connectivity index (χ1) is 11.5. The highest BCUT2D eigenvalue weighted by Crippen LogP contribution is 2.32. The van der Waals surface area contributed by atoms with Gasteiger partial charge < -0.3 is 14.7 Å². The molecule has 0 aliphatic carbocycles. The van der Waals surface area contributed by atoms with Crippen molar-refractivity contribution in [2.45, 2.75) is 25.9 Å². The number of carbonyl (C=O) groups excluding carboxylic acids is 1.